The van der Waals surface area contributed by atoms with E-state index in [4.69, 9.17) is 4.74 Å². The van der Waals surface area contributed by atoms with Crippen molar-refractivity contribution in [3.63, 3.8) is 0 Å². The summed E-state index contributed by atoms with van der Waals surface area (Å²) in [5, 5.41) is 5.16. The van der Waals surface area contributed by atoms with E-state index in [1.807, 2.05) is 0 Å². The van der Waals surface area contributed by atoms with Crippen LogP contribution in [0.1, 0.15) is 20.3 Å². The summed E-state index contributed by atoms with van der Waals surface area (Å²) in [6.07, 6.45) is 1.24. The smallest absolute Gasteiger partial charge is 0.0507 e. The minimum Gasteiger partial charge on any atom is -0.381 e. The Labute approximate surface area is 110 Å². The van der Waals surface area contributed by atoms with Gasteiger partial charge in [-0.15, -0.1) is 0 Å². The number of hydrogen-bond acceptors (Lipinski definition) is 4. The second-order valence-electron chi connectivity index (χ2n) is 5.45. The van der Waals surface area contributed by atoms with Gasteiger partial charge in [-0.1, -0.05) is 13.8 Å². The molecule has 2 aliphatic rings. The monoisotopic (exact) mass is 258 g/mol. The fourth-order valence-electron chi connectivity index (χ4n) is 2.75. The van der Waals surface area contributed by atoms with Crippen LogP contribution in [0, 0.1) is 5.92 Å². The molecule has 2 fully saturated rings. The van der Waals surface area contributed by atoms with Gasteiger partial charge in [0.1, 0.15) is 0 Å². The Bertz CT molecular complexity index is 211. The first-order valence-electron chi connectivity index (χ1n) is 6.90. The van der Waals surface area contributed by atoms with Crippen LogP contribution in [0.15, 0.2) is 0 Å². The third-order valence-electron chi connectivity index (χ3n) is 3.56. The van der Waals surface area contributed by atoms with Gasteiger partial charge in [-0.25, -0.2) is 0 Å². The predicted octanol–water partition coefficient (Wildman–Crippen LogP) is 1.44. The van der Waals surface area contributed by atoms with E-state index in [9.17, 15) is 0 Å². The van der Waals surface area contributed by atoms with E-state index in [-0.39, 0.29) is 0 Å². The predicted molar refractivity (Wildman–Crippen MR) is 74.8 cm³/mol. The zero-order valence-corrected chi connectivity index (χ0v) is 12.0. The number of rotatable bonds is 5. The Morgan fingerprint density at radius 2 is 2.06 bits per heavy atom. The molecule has 3 nitrogen and oxygen atoms in total. The summed E-state index contributed by atoms with van der Waals surface area (Å²) < 4.78 is 5.38. The maximum Gasteiger partial charge on any atom is 0.0507 e. The molecule has 2 saturated heterocycles. The lowest BCUT2D eigenvalue weighted by Crippen LogP contribution is -2.43. The lowest BCUT2D eigenvalue weighted by atomic mass is 10.1. The Balaban J connectivity index is 1.54. The summed E-state index contributed by atoms with van der Waals surface area (Å²) >= 11 is 2.13. The quantitative estimate of drug-likeness (QED) is 0.754. The first-order chi connectivity index (χ1) is 8.24. The summed E-state index contributed by atoms with van der Waals surface area (Å²) in [6.45, 7) is 12.6. The topological polar surface area (TPSA) is 24.5 Å². The highest BCUT2D eigenvalue weighted by Gasteiger charge is 2.21. The Morgan fingerprint density at radius 1 is 1.29 bits per heavy atom. The van der Waals surface area contributed by atoms with E-state index in [0.29, 0.717) is 0 Å². The molecule has 0 aromatic carbocycles. The van der Waals surface area contributed by atoms with Gasteiger partial charge in [-0.2, -0.15) is 11.8 Å². The minimum atomic E-state index is 0.754. The highest BCUT2D eigenvalue weighted by atomic mass is 32.2. The lowest BCUT2D eigenvalue weighted by molar-refractivity contribution is 0.184. The van der Waals surface area contributed by atoms with E-state index < -0.39 is 0 Å². The van der Waals surface area contributed by atoms with E-state index in [1.54, 1.807) is 0 Å². The number of nitrogens with zero attached hydrogens (tertiary/aromatic N) is 1. The van der Waals surface area contributed by atoms with Crippen LogP contribution in [0.3, 0.4) is 0 Å². The molecule has 2 heterocycles. The van der Waals surface area contributed by atoms with Crippen LogP contribution in [0.4, 0.5) is 0 Å². The molecule has 2 aliphatic heterocycles. The van der Waals surface area contributed by atoms with Crippen LogP contribution in [0.5, 0.6) is 0 Å². The van der Waals surface area contributed by atoms with Crippen molar-refractivity contribution in [2.45, 2.75) is 30.8 Å². The SMILES string of the molecule is CC1CN(CCNCC2CCOC2)CC(C)S1. The second kappa shape index (κ2) is 6.98. The third kappa shape index (κ3) is 4.78. The molecule has 4 heteroatoms. The normalized spacial score (nSPS) is 35.3. The Kier molecular flexibility index (Phi) is 5.60. The summed E-state index contributed by atoms with van der Waals surface area (Å²) in [5.41, 5.74) is 0. The van der Waals surface area contributed by atoms with Crippen LogP contribution < -0.4 is 5.32 Å². The number of thioether (sulfide) groups is 1. The molecule has 0 radical (unpaired) electrons. The molecule has 0 aromatic rings. The van der Waals surface area contributed by atoms with Gasteiger partial charge < -0.3 is 10.1 Å². The number of nitrogens with one attached hydrogen (secondary N) is 1. The van der Waals surface area contributed by atoms with Crippen molar-refractivity contribution in [3.05, 3.63) is 0 Å². The molecule has 0 aromatic heterocycles. The second-order valence-corrected chi connectivity index (χ2v) is 7.33. The molecular weight excluding hydrogens is 232 g/mol. The maximum atomic E-state index is 5.38. The van der Waals surface area contributed by atoms with Crippen molar-refractivity contribution in [1.29, 1.82) is 0 Å². The Hall–Kier alpha value is 0.230. The van der Waals surface area contributed by atoms with Crippen molar-refractivity contribution in [2.24, 2.45) is 5.92 Å². The minimum absolute atomic E-state index is 0.754. The molecule has 1 N–H and O–H groups in total. The Morgan fingerprint density at radius 3 is 2.71 bits per heavy atom. The summed E-state index contributed by atoms with van der Waals surface area (Å²) in [4.78, 5) is 2.60. The fraction of sp³-hybridized carbons (Fsp3) is 1.00. The molecule has 17 heavy (non-hydrogen) atoms. The molecule has 2 rings (SSSR count). The summed E-state index contributed by atoms with van der Waals surface area (Å²) in [5.74, 6) is 0.754. The molecule has 0 aliphatic carbocycles. The van der Waals surface area contributed by atoms with Gasteiger partial charge in [-0.05, 0) is 12.3 Å². The van der Waals surface area contributed by atoms with Gasteiger partial charge >= 0.3 is 0 Å². The highest BCUT2D eigenvalue weighted by molar-refractivity contribution is 8.00. The molecule has 0 amide bonds. The van der Waals surface area contributed by atoms with Gasteiger partial charge in [0.15, 0.2) is 0 Å². The van der Waals surface area contributed by atoms with Crippen LogP contribution in [-0.4, -0.2) is 61.3 Å². The first kappa shape index (κ1) is 13.7. The highest BCUT2D eigenvalue weighted by Crippen LogP contribution is 2.24. The maximum absolute atomic E-state index is 5.38. The average Bonchev–Trinajstić information content (AvgIpc) is 2.76. The number of ether oxygens (including phenoxy) is 1. The molecule has 3 atom stereocenters. The van der Waals surface area contributed by atoms with Crippen molar-refractivity contribution < 1.29 is 4.74 Å². The molecule has 3 unspecified atom stereocenters. The van der Waals surface area contributed by atoms with Crippen LogP contribution in [0.2, 0.25) is 0 Å². The number of hydrogen-bond donors (Lipinski definition) is 1. The van der Waals surface area contributed by atoms with Crippen LogP contribution in [0.25, 0.3) is 0 Å². The zero-order valence-electron chi connectivity index (χ0n) is 11.2. The van der Waals surface area contributed by atoms with Gasteiger partial charge in [-0.3, -0.25) is 4.90 Å². The van der Waals surface area contributed by atoms with E-state index >= 15 is 0 Å². The van der Waals surface area contributed by atoms with Gasteiger partial charge in [0.05, 0.1) is 6.61 Å². The van der Waals surface area contributed by atoms with Crippen molar-refractivity contribution in [2.75, 3.05) is 45.9 Å². The van der Waals surface area contributed by atoms with Gasteiger partial charge in [0.25, 0.3) is 0 Å². The molecule has 0 saturated carbocycles. The summed E-state index contributed by atoms with van der Waals surface area (Å²) in [7, 11) is 0. The van der Waals surface area contributed by atoms with Crippen molar-refractivity contribution >= 4 is 11.8 Å². The van der Waals surface area contributed by atoms with Crippen molar-refractivity contribution in [3.8, 4) is 0 Å². The molecule has 100 valence electrons. The van der Waals surface area contributed by atoms with Crippen molar-refractivity contribution in [1.82, 2.24) is 10.2 Å². The van der Waals surface area contributed by atoms with Crippen LogP contribution >= 0.6 is 11.8 Å². The van der Waals surface area contributed by atoms with E-state index in [2.05, 4.69) is 35.8 Å². The third-order valence-corrected chi connectivity index (χ3v) is 4.78. The van der Waals surface area contributed by atoms with E-state index in [1.165, 1.54) is 26.1 Å². The average molecular weight is 258 g/mol. The van der Waals surface area contributed by atoms with Gasteiger partial charge in [0.2, 0.25) is 0 Å². The molecular formula is C13H26N2OS. The van der Waals surface area contributed by atoms with E-state index in [0.717, 1.165) is 42.7 Å². The lowest BCUT2D eigenvalue weighted by Gasteiger charge is -2.34. The first-order valence-corrected chi connectivity index (χ1v) is 7.84. The zero-order chi connectivity index (χ0) is 12.1. The summed E-state index contributed by atoms with van der Waals surface area (Å²) in [6, 6.07) is 0. The molecule has 0 spiro atoms. The molecule has 0 bridgehead atoms. The fourth-order valence-corrected chi connectivity index (χ4v) is 4.14. The largest absolute Gasteiger partial charge is 0.381 e. The van der Waals surface area contributed by atoms with Crippen LogP contribution in [-0.2, 0) is 4.74 Å². The standard InChI is InChI=1S/C13H26N2OS/c1-11-8-15(9-12(2)17-11)5-4-14-7-13-3-6-16-10-13/h11-14H,3-10H2,1-2H3. The van der Waals surface area contributed by atoms with Gasteiger partial charge in [0, 0.05) is 49.8 Å².